The summed E-state index contributed by atoms with van der Waals surface area (Å²) in [5.41, 5.74) is -0.421. The summed E-state index contributed by atoms with van der Waals surface area (Å²) in [5.74, 6) is 0. The Bertz CT molecular complexity index is 263. The van der Waals surface area contributed by atoms with E-state index in [0.29, 0.717) is 6.54 Å². The van der Waals surface area contributed by atoms with Gasteiger partial charge in [-0.25, -0.2) is 4.79 Å². The normalized spacial score (nSPS) is 19.3. The monoisotopic (exact) mass is 257 g/mol. The van der Waals surface area contributed by atoms with Gasteiger partial charge in [-0.15, -0.1) is 0 Å². The standard InChI is InChI=1S/C13H27N3O2/c1-13(2,3)18-12(17)14-6-9-16-8-5-7-15(4)10-11-16/h5-11H2,1-4H3,(H,14,17). The van der Waals surface area contributed by atoms with Crippen LogP contribution < -0.4 is 5.32 Å². The lowest BCUT2D eigenvalue weighted by molar-refractivity contribution is 0.0522. The Morgan fingerprint density at radius 2 is 1.94 bits per heavy atom. The average molecular weight is 257 g/mol. The third-order valence-electron chi connectivity index (χ3n) is 2.91. The summed E-state index contributed by atoms with van der Waals surface area (Å²) in [7, 11) is 2.16. The molecule has 1 saturated heterocycles. The molecule has 1 fully saturated rings. The van der Waals surface area contributed by atoms with Gasteiger partial charge in [0.1, 0.15) is 5.60 Å². The summed E-state index contributed by atoms with van der Waals surface area (Å²) in [5, 5.41) is 2.80. The van der Waals surface area contributed by atoms with Crippen molar-refractivity contribution in [2.24, 2.45) is 0 Å². The van der Waals surface area contributed by atoms with E-state index in [4.69, 9.17) is 4.74 Å². The summed E-state index contributed by atoms with van der Waals surface area (Å²) >= 11 is 0. The van der Waals surface area contributed by atoms with Gasteiger partial charge in [0.15, 0.2) is 0 Å². The van der Waals surface area contributed by atoms with E-state index in [2.05, 4.69) is 22.2 Å². The van der Waals surface area contributed by atoms with Crippen LogP contribution in [0.1, 0.15) is 27.2 Å². The molecule has 5 nitrogen and oxygen atoms in total. The third kappa shape index (κ3) is 6.81. The molecule has 0 atom stereocenters. The van der Waals surface area contributed by atoms with Crippen LogP contribution in [-0.4, -0.2) is 67.8 Å². The highest BCUT2D eigenvalue weighted by molar-refractivity contribution is 5.67. The Balaban J connectivity index is 2.15. The van der Waals surface area contributed by atoms with Crippen LogP contribution in [0.5, 0.6) is 0 Å². The second kappa shape index (κ2) is 6.95. The maximum atomic E-state index is 11.5. The molecule has 1 rings (SSSR count). The van der Waals surface area contributed by atoms with Crippen LogP contribution in [0.2, 0.25) is 0 Å². The maximum Gasteiger partial charge on any atom is 0.407 e. The van der Waals surface area contributed by atoms with Gasteiger partial charge < -0.3 is 19.9 Å². The predicted molar refractivity (Wildman–Crippen MR) is 72.8 cm³/mol. The predicted octanol–water partition coefficient (Wildman–Crippen LogP) is 1.15. The highest BCUT2D eigenvalue weighted by Gasteiger charge is 2.16. The molecule has 0 aliphatic carbocycles. The zero-order chi connectivity index (χ0) is 13.6. The number of alkyl carbamates (subject to hydrolysis) is 1. The van der Waals surface area contributed by atoms with Crippen molar-refractivity contribution in [1.29, 1.82) is 0 Å². The van der Waals surface area contributed by atoms with Gasteiger partial charge in [0.05, 0.1) is 0 Å². The molecule has 0 saturated carbocycles. The summed E-state index contributed by atoms with van der Waals surface area (Å²) < 4.78 is 5.19. The fourth-order valence-corrected chi connectivity index (χ4v) is 1.95. The van der Waals surface area contributed by atoms with Gasteiger partial charge >= 0.3 is 6.09 Å². The Morgan fingerprint density at radius 1 is 1.22 bits per heavy atom. The first kappa shape index (κ1) is 15.2. The SMILES string of the molecule is CN1CCCN(CCNC(=O)OC(C)(C)C)CC1. The molecule has 0 spiro atoms. The van der Waals surface area contributed by atoms with E-state index in [-0.39, 0.29) is 6.09 Å². The van der Waals surface area contributed by atoms with Crippen LogP contribution in [0, 0.1) is 0 Å². The van der Waals surface area contributed by atoms with Gasteiger partial charge in [0.25, 0.3) is 0 Å². The molecule has 5 heteroatoms. The van der Waals surface area contributed by atoms with Crippen molar-refractivity contribution in [3.63, 3.8) is 0 Å². The number of ether oxygens (including phenoxy) is 1. The van der Waals surface area contributed by atoms with Gasteiger partial charge in [-0.2, -0.15) is 0 Å². The minimum absolute atomic E-state index is 0.325. The lowest BCUT2D eigenvalue weighted by Crippen LogP contribution is -2.39. The second-order valence-electron chi connectivity index (χ2n) is 5.93. The van der Waals surface area contributed by atoms with E-state index < -0.39 is 5.60 Å². The number of hydrogen-bond donors (Lipinski definition) is 1. The molecular weight excluding hydrogens is 230 g/mol. The van der Waals surface area contributed by atoms with Crippen molar-refractivity contribution in [3.8, 4) is 0 Å². The molecule has 0 aromatic heterocycles. The molecule has 1 N–H and O–H groups in total. The first-order chi connectivity index (χ1) is 8.37. The number of carbonyl (C=O) groups is 1. The smallest absolute Gasteiger partial charge is 0.407 e. The Kier molecular flexibility index (Phi) is 5.88. The first-order valence-electron chi connectivity index (χ1n) is 6.74. The van der Waals surface area contributed by atoms with E-state index in [0.717, 1.165) is 32.7 Å². The minimum Gasteiger partial charge on any atom is -0.444 e. The average Bonchev–Trinajstić information content (AvgIpc) is 2.41. The number of nitrogens with one attached hydrogen (secondary N) is 1. The molecule has 1 amide bonds. The quantitative estimate of drug-likeness (QED) is 0.824. The molecule has 0 radical (unpaired) electrons. The molecule has 1 aliphatic rings. The van der Waals surface area contributed by atoms with E-state index in [1.54, 1.807) is 0 Å². The number of rotatable bonds is 3. The van der Waals surface area contributed by atoms with Crippen molar-refractivity contribution in [3.05, 3.63) is 0 Å². The van der Waals surface area contributed by atoms with Crippen LogP contribution in [0.15, 0.2) is 0 Å². The largest absolute Gasteiger partial charge is 0.444 e. The topological polar surface area (TPSA) is 44.8 Å². The van der Waals surface area contributed by atoms with E-state index in [1.165, 1.54) is 6.42 Å². The van der Waals surface area contributed by atoms with Crippen molar-refractivity contribution < 1.29 is 9.53 Å². The molecule has 1 aliphatic heterocycles. The third-order valence-corrected chi connectivity index (χ3v) is 2.91. The first-order valence-corrected chi connectivity index (χ1v) is 6.74. The van der Waals surface area contributed by atoms with Crippen LogP contribution in [0.25, 0.3) is 0 Å². The lowest BCUT2D eigenvalue weighted by atomic mass is 10.2. The molecule has 106 valence electrons. The highest BCUT2D eigenvalue weighted by Crippen LogP contribution is 2.06. The molecule has 0 unspecified atom stereocenters. The molecule has 18 heavy (non-hydrogen) atoms. The minimum atomic E-state index is -0.421. The van der Waals surface area contributed by atoms with Crippen molar-refractivity contribution in [2.45, 2.75) is 32.8 Å². The van der Waals surface area contributed by atoms with Crippen molar-refractivity contribution in [2.75, 3.05) is 46.3 Å². The molecular formula is C13H27N3O2. The number of nitrogens with zero attached hydrogens (tertiary/aromatic N) is 2. The molecule has 0 aromatic rings. The fourth-order valence-electron chi connectivity index (χ4n) is 1.95. The molecule has 0 aromatic carbocycles. The molecule has 0 bridgehead atoms. The van der Waals surface area contributed by atoms with Crippen LogP contribution in [0.4, 0.5) is 4.79 Å². The summed E-state index contributed by atoms with van der Waals surface area (Å²) in [6, 6.07) is 0. The van der Waals surface area contributed by atoms with Crippen LogP contribution in [0.3, 0.4) is 0 Å². The van der Waals surface area contributed by atoms with E-state index in [9.17, 15) is 4.79 Å². The maximum absolute atomic E-state index is 11.5. The number of hydrogen-bond acceptors (Lipinski definition) is 4. The summed E-state index contributed by atoms with van der Waals surface area (Å²) in [6.45, 7) is 11.6. The van der Waals surface area contributed by atoms with Gasteiger partial charge in [0, 0.05) is 26.2 Å². The lowest BCUT2D eigenvalue weighted by Gasteiger charge is -2.22. The second-order valence-corrected chi connectivity index (χ2v) is 5.93. The van der Waals surface area contributed by atoms with Gasteiger partial charge in [-0.05, 0) is 47.3 Å². The Morgan fingerprint density at radius 3 is 2.61 bits per heavy atom. The Labute approximate surface area is 110 Å². The zero-order valence-electron chi connectivity index (χ0n) is 12.2. The summed E-state index contributed by atoms with van der Waals surface area (Å²) in [6.07, 6.45) is 0.873. The number of carbonyl (C=O) groups excluding carboxylic acids is 1. The zero-order valence-corrected chi connectivity index (χ0v) is 12.2. The van der Waals surface area contributed by atoms with E-state index in [1.807, 2.05) is 20.8 Å². The van der Waals surface area contributed by atoms with Crippen molar-refractivity contribution >= 4 is 6.09 Å². The van der Waals surface area contributed by atoms with Crippen LogP contribution >= 0.6 is 0 Å². The van der Waals surface area contributed by atoms with Gasteiger partial charge in [-0.1, -0.05) is 0 Å². The number of likely N-dealkylation sites (N-methyl/N-ethyl adjacent to an activating group) is 1. The number of amides is 1. The van der Waals surface area contributed by atoms with Crippen molar-refractivity contribution in [1.82, 2.24) is 15.1 Å². The summed E-state index contributed by atoms with van der Waals surface area (Å²) in [4.78, 5) is 16.2. The Hall–Kier alpha value is -0.810. The van der Waals surface area contributed by atoms with Gasteiger partial charge in [-0.3, -0.25) is 0 Å². The molecule has 1 heterocycles. The highest BCUT2D eigenvalue weighted by atomic mass is 16.6. The fraction of sp³-hybridized carbons (Fsp3) is 0.923. The van der Waals surface area contributed by atoms with Gasteiger partial charge in [0.2, 0.25) is 0 Å². The van der Waals surface area contributed by atoms with Crippen LogP contribution in [-0.2, 0) is 4.74 Å². The van der Waals surface area contributed by atoms with E-state index >= 15 is 0 Å².